The van der Waals surface area contributed by atoms with Gasteiger partial charge < -0.3 is 9.64 Å². The van der Waals surface area contributed by atoms with Crippen molar-refractivity contribution < 1.29 is 4.74 Å². The maximum absolute atomic E-state index is 5.53. The van der Waals surface area contributed by atoms with Gasteiger partial charge in [-0.3, -0.25) is 0 Å². The first-order chi connectivity index (χ1) is 7.10. The Balaban J connectivity index is 3.56. The predicted octanol–water partition coefficient (Wildman–Crippen LogP) is 2.69. The summed E-state index contributed by atoms with van der Waals surface area (Å²) in [5.41, 5.74) is 0. The fraction of sp³-hybridized carbons (Fsp3) is 1.00. The lowest BCUT2D eigenvalue weighted by Crippen LogP contribution is -2.30. The summed E-state index contributed by atoms with van der Waals surface area (Å²) in [6.45, 7) is 9.38. The lowest BCUT2D eigenvalue weighted by Gasteiger charge is -2.22. The van der Waals surface area contributed by atoms with Crippen molar-refractivity contribution in [2.75, 3.05) is 32.5 Å². The summed E-state index contributed by atoms with van der Waals surface area (Å²) in [6, 6.07) is 0. The summed E-state index contributed by atoms with van der Waals surface area (Å²) < 4.78 is 5.53. The zero-order chi connectivity index (χ0) is 11.7. The Morgan fingerprint density at radius 1 is 1.33 bits per heavy atom. The number of thiol groups is 1. The van der Waals surface area contributed by atoms with E-state index in [1.54, 1.807) is 0 Å². The molecule has 0 amide bonds. The van der Waals surface area contributed by atoms with Crippen LogP contribution in [0.25, 0.3) is 0 Å². The van der Waals surface area contributed by atoms with Crippen LogP contribution in [0.2, 0.25) is 0 Å². The van der Waals surface area contributed by atoms with E-state index in [-0.39, 0.29) is 0 Å². The van der Waals surface area contributed by atoms with Crippen molar-refractivity contribution >= 4 is 12.6 Å². The van der Waals surface area contributed by atoms with E-state index in [1.165, 1.54) is 12.8 Å². The SMILES string of the molecule is CCCC(CS)CN(C)CCOC(C)C. The molecule has 0 spiro atoms. The second-order valence-electron chi connectivity index (χ2n) is 4.52. The van der Waals surface area contributed by atoms with Gasteiger partial charge in [0.2, 0.25) is 0 Å². The van der Waals surface area contributed by atoms with Crippen molar-refractivity contribution in [3.63, 3.8) is 0 Å². The molecule has 0 N–H and O–H groups in total. The third-order valence-corrected chi connectivity index (χ3v) is 2.97. The third kappa shape index (κ3) is 9.21. The van der Waals surface area contributed by atoms with Crippen molar-refractivity contribution in [1.29, 1.82) is 0 Å². The van der Waals surface area contributed by atoms with Gasteiger partial charge in [0, 0.05) is 13.1 Å². The fourth-order valence-electron chi connectivity index (χ4n) is 1.62. The highest BCUT2D eigenvalue weighted by Gasteiger charge is 2.09. The molecule has 1 atom stereocenters. The van der Waals surface area contributed by atoms with Crippen LogP contribution in [0.4, 0.5) is 0 Å². The Bertz CT molecular complexity index is 142. The van der Waals surface area contributed by atoms with E-state index in [1.807, 2.05) is 0 Å². The van der Waals surface area contributed by atoms with Gasteiger partial charge in [-0.1, -0.05) is 13.3 Å². The second-order valence-corrected chi connectivity index (χ2v) is 4.88. The Kier molecular flexibility index (Phi) is 9.66. The molecule has 3 heteroatoms. The van der Waals surface area contributed by atoms with Crippen LogP contribution in [0.15, 0.2) is 0 Å². The van der Waals surface area contributed by atoms with Crippen LogP contribution < -0.4 is 0 Å². The molecule has 0 radical (unpaired) electrons. The summed E-state index contributed by atoms with van der Waals surface area (Å²) in [4.78, 5) is 2.35. The molecule has 0 aromatic heterocycles. The smallest absolute Gasteiger partial charge is 0.0596 e. The first-order valence-corrected chi connectivity index (χ1v) is 6.64. The maximum Gasteiger partial charge on any atom is 0.0596 e. The Labute approximate surface area is 101 Å². The average molecular weight is 233 g/mol. The molecular formula is C12H27NOS. The minimum absolute atomic E-state index is 0.342. The lowest BCUT2D eigenvalue weighted by atomic mass is 10.1. The highest BCUT2D eigenvalue weighted by molar-refractivity contribution is 7.80. The van der Waals surface area contributed by atoms with Gasteiger partial charge >= 0.3 is 0 Å². The van der Waals surface area contributed by atoms with Gasteiger partial charge in [-0.25, -0.2) is 0 Å². The van der Waals surface area contributed by atoms with E-state index in [0.717, 1.165) is 31.4 Å². The van der Waals surface area contributed by atoms with Crippen LogP contribution >= 0.6 is 12.6 Å². The summed E-state index contributed by atoms with van der Waals surface area (Å²) in [5.74, 6) is 1.71. The molecular weight excluding hydrogens is 206 g/mol. The van der Waals surface area contributed by atoms with Crippen molar-refractivity contribution in [3.8, 4) is 0 Å². The van der Waals surface area contributed by atoms with Crippen LogP contribution in [0.1, 0.15) is 33.6 Å². The maximum atomic E-state index is 5.53. The highest BCUT2D eigenvalue weighted by atomic mass is 32.1. The lowest BCUT2D eigenvalue weighted by molar-refractivity contribution is 0.0616. The molecule has 0 aliphatic carbocycles. The third-order valence-electron chi connectivity index (χ3n) is 2.45. The normalized spacial score (nSPS) is 13.8. The molecule has 0 fully saturated rings. The number of likely N-dealkylation sites (N-methyl/N-ethyl adjacent to an activating group) is 1. The van der Waals surface area contributed by atoms with Gasteiger partial charge in [0.15, 0.2) is 0 Å². The van der Waals surface area contributed by atoms with Gasteiger partial charge in [0.25, 0.3) is 0 Å². The van der Waals surface area contributed by atoms with Gasteiger partial charge in [-0.15, -0.1) is 0 Å². The standard InChI is InChI=1S/C12H27NOS/c1-5-6-12(10-15)9-13(4)7-8-14-11(2)3/h11-12,15H,5-10H2,1-4H3. The molecule has 0 saturated heterocycles. The first kappa shape index (κ1) is 15.3. The van der Waals surface area contributed by atoms with E-state index in [9.17, 15) is 0 Å². The summed E-state index contributed by atoms with van der Waals surface area (Å²) in [7, 11) is 2.16. The van der Waals surface area contributed by atoms with Gasteiger partial charge in [0.05, 0.1) is 12.7 Å². The second kappa shape index (κ2) is 9.49. The first-order valence-electron chi connectivity index (χ1n) is 6.01. The minimum Gasteiger partial charge on any atom is -0.377 e. The zero-order valence-corrected chi connectivity index (χ0v) is 11.6. The molecule has 0 aliphatic rings. The van der Waals surface area contributed by atoms with Crippen LogP contribution in [0, 0.1) is 5.92 Å². The van der Waals surface area contributed by atoms with Crippen molar-refractivity contribution in [2.45, 2.75) is 39.7 Å². The fourth-order valence-corrected chi connectivity index (χ4v) is 1.92. The van der Waals surface area contributed by atoms with Crippen LogP contribution in [0.3, 0.4) is 0 Å². The molecule has 0 heterocycles. The van der Waals surface area contributed by atoms with Gasteiger partial charge in [0.1, 0.15) is 0 Å². The molecule has 0 aromatic carbocycles. The minimum atomic E-state index is 0.342. The molecule has 0 aromatic rings. The highest BCUT2D eigenvalue weighted by Crippen LogP contribution is 2.09. The topological polar surface area (TPSA) is 12.5 Å². The van der Waals surface area contributed by atoms with E-state index >= 15 is 0 Å². The molecule has 0 bridgehead atoms. The van der Waals surface area contributed by atoms with Crippen molar-refractivity contribution in [2.24, 2.45) is 5.92 Å². The Morgan fingerprint density at radius 3 is 2.47 bits per heavy atom. The Hall–Kier alpha value is 0.270. The molecule has 0 saturated carbocycles. The number of hydrogen-bond donors (Lipinski definition) is 1. The summed E-state index contributed by atoms with van der Waals surface area (Å²) in [5, 5.41) is 0. The molecule has 1 unspecified atom stereocenters. The average Bonchev–Trinajstić information content (AvgIpc) is 2.16. The van der Waals surface area contributed by atoms with E-state index in [2.05, 4.69) is 45.3 Å². The largest absolute Gasteiger partial charge is 0.377 e. The number of rotatable bonds is 9. The van der Waals surface area contributed by atoms with Crippen LogP contribution in [-0.4, -0.2) is 43.5 Å². The number of nitrogens with zero attached hydrogens (tertiary/aromatic N) is 1. The predicted molar refractivity (Wildman–Crippen MR) is 70.8 cm³/mol. The monoisotopic (exact) mass is 233 g/mol. The molecule has 92 valence electrons. The quantitative estimate of drug-likeness (QED) is 0.615. The van der Waals surface area contributed by atoms with Crippen LogP contribution in [0.5, 0.6) is 0 Å². The van der Waals surface area contributed by atoms with E-state index in [0.29, 0.717) is 6.10 Å². The van der Waals surface area contributed by atoms with Gasteiger partial charge in [-0.05, 0) is 39.0 Å². The number of ether oxygens (including phenoxy) is 1. The number of hydrogen-bond acceptors (Lipinski definition) is 3. The molecule has 15 heavy (non-hydrogen) atoms. The summed E-state index contributed by atoms with van der Waals surface area (Å²) in [6.07, 6.45) is 2.87. The summed E-state index contributed by atoms with van der Waals surface area (Å²) >= 11 is 4.39. The van der Waals surface area contributed by atoms with Gasteiger partial charge in [-0.2, -0.15) is 12.6 Å². The van der Waals surface area contributed by atoms with E-state index in [4.69, 9.17) is 4.74 Å². The Morgan fingerprint density at radius 2 is 2.00 bits per heavy atom. The van der Waals surface area contributed by atoms with Crippen molar-refractivity contribution in [3.05, 3.63) is 0 Å². The molecule has 0 rings (SSSR count). The molecule has 0 aliphatic heterocycles. The zero-order valence-electron chi connectivity index (χ0n) is 10.7. The van der Waals surface area contributed by atoms with E-state index < -0.39 is 0 Å². The molecule has 2 nitrogen and oxygen atoms in total. The van der Waals surface area contributed by atoms with Crippen molar-refractivity contribution in [1.82, 2.24) is 4.90 Å². The van der Waals surface area contributed by atoms with Crippen LogP contribution in [-0.2, 0) is 4.74 Å².